The molecule has 0 aliphatic rings. The number of carbonyl (C=O) groups is 1. The van der Waals surface area contributed by atoms with E-state index < -0.39 is 11.6 Å². The van der Waals surface area contributed by atoms with Crippen molar-refractivity contribution in [3.8, 4) is 5.75 Å². The maximum absolute atomic E-state index is 14.0. The predicted molar refractivity (Wildman–Crippen MR) is 115 cm³/mol. The second kappa shape index (κ2) is 9.43. The number of nitrogens with zero attached hydrogens (tertiary/aromatic N) is 2. The van der Waals surface area contributed by atoms with Gasteiger partial charge in [0.1, 0.15) is 18.2 Å². The Balaban J connectivity index is 1.63. The monoisotopic (exact) mass is 434 g/mol. The Labute approximate surface area is 183 Å². The molecule has 5 nitrogen and oxygen atoms in total. The molecule has 0 radical (unpaired) electrons. The number of amides is 1. The number of hydrogen-bond acceptors (Lipinski definition) is 4. The van der Waals surface area contributed by atoms with Crippen LogP contribution in [0.5, 0.6) is 5.75 Å². The van der Waals surface area contributed by atoms with Gasteiger partial charge in [-0.25, -0.2) is 8.78 Å². The van der Waals surface area contributed by atoms with E-state index in [9.17, 15) is 13.6 Å². The summed E-state index contributed by atoms with van der Waals surface area (Å²) in [5.74, 6) is -1.67. The van der Waals surface area contributed by atoms with Crippen molar-refractivity contribution in [2.24, 2.45) is 0 Å². The molecular formula is C25H20F2N2O3. The lowest BCUT2D eigenvalue weighted by molar-refractivity contribution is 0.0974. The van der Waals surface area contributed by atoms with Gasteiger partial charge in [0.2, 0.25) is 0 Å². The average Bonchev–Trinajstić information content (AvgIpc) is 3.18. The fourth-order valence-corrected chi connectivity index (χ4v) is 3.25. The number of hydrogen-bond donors (Lipinski definition) is 0. The quantitative estimate of drug-likeness (QED) is 0.375. The Hall–Kier alpha value is -4.00. The molecule has 4 rings (SSSR count). The fourth-order valence-electron chi connectivity index (χ4n) is 3.25. The van der Waals surface area contributed by atoms with E-state index in [1.165, 1.54) is 6.07 Å². The van der Waals surface area contributed by atoms with Crippen molar-refractivity contribution in [2.75, 3.05) is 4.90 Å². The van der Waals surface area contributed by atoms with Gasteiger partial charge in [-0.3, -0.25) is 4.79 Å². The van der Waals surface area contributed by atoms with Crippen LogP contribution in [0.2, 0.25) is 0 Å². The van der Waals surface area contributed by atoms with Gasteiger partial charge in [0.25, 0.3) is 5.91 Å². The second-order valence-corrected chi connectivity index (χ2v) is 7.14. The summed E-state index contributed by atoms with van der Waals surface area (Å²) in [7, 11) is 0. The molecule has 32 heavy (non-hydrogen) atoms. The second-order valence-electron chi connectivity index (χ2n) is 7.14. The maximum Gasteiger partial charge on any atom is 0.281 e. The normalized spacial score (nSPS) is 10.7. The van der Waals surface area contributed by atoms with E-state index in [2.05, 4.69) is 5.16 Å². The summed E-state index contributed by atoms with van der Waals surface area (Å²) < 4.78 is 37.9. The van der Waals surface area contributed by atoms with E-state index in [4.69, 9.17) is 9.26 Å². The fraction of sp³-hybridized carbons (Fsp3) is 0.120. The molecule has 4 aromatic rings. The number of rotatable bonds is 7. The van der Waals surface area contributed by atoms with Gasteiger partial charge in [-0.2, -0.15) is 0 Å². The highest BCUT2D eigenvalue weighted by Crippen LogP contribution is 2.25. The van der Waals surface area contributed by atoms with E-state index in [0.29, 0.717) is 23.6 Å². The molecule has 162 valence electrons. The number of anilines is 1. The number of halogens is 2. The van der Waals surface area contributed by atoms with E-state index in [-0.39, 0.29) is 24.0 Å². The van der Waals surface area contributed by atoms with E-state index in [1.807, 2.05) is 60.7 Å². The highest BCUT2D eigenvalue weighted by molar-refractivity contribution is 6.05. The Bertz CT molecular complexity index is 1210. The van der Waals surface area contributed by atoms with E-state index >= 15 is 0 Å². The third-order valence-corrected chi connectivity index (χ3v) is 4.95. The first-order chi connectivity index (χ1) is 15.5. The van der Waals surface area contributed by atoms with Crippen molar-refractivity contribution in [2.45, 2.75) is 20.1 Å². The molecule has 3 aromatic carbocycles. The Morgan fingerprint density at radius 1 is 1.00 bits per heavy atom. The molecule has 0 atom stereocenters. The molecule has 0 saturated carbocycles. The minimum Gasteiger partial charge on any atom is -0.486 e. The molecule has 0 spiro atoms. The summed E-state index contributed by atoms with van der Waals surface area (Å²) >= 11 is 0. The van der Waals surface area contributed by atoms with Crippen LogP contribution in [0.1, 0.15) is 27.4 Å². The summed E-state index contributed by atoms with van der Waals surface area (Å²) in [5.41, 5.74) is 2.10. The van der Waals surface area contributed by atoms with Crippen molar-refractivity contribution in [1.82, 2.24) is 5.16 Å². The first kappa shape index (κ1) is 21.2. The third-order valence-electron chi connectivity index (χ3n) is 4.95. The average molecular weight is 434 g/mol. The van der Waals surface area contributed by atoms with Gasteiger partial charge < -0.3 is 14.2 Å². The lowest BCUT2D eigenvalue weighted by Gasteiger charge is -2.22. The Kier molecular flexibility index (Phi) is 6.26. The van der Waals surface area contributed by atoms with Gasteiger partial charge in [0.15, 0.2) is 17.3 Å². The van der Waals surface area contributed by atoms with Crippen LogP contribution in [0.25, 0.3) is 0 Å². The van der Waals surface area contributed by atoms with Gasteiger partial charge in [0.05, 0.1) is 12.1 Å². The topological polar surface area (TPSA) is 55.6 Å². The first-order valence-electron chi connectivity index (χ1n) is 9.97. The summed E-state index contributed by atoms with van der Waals surface area (Å²) in [5, 5.41) is 3.95. The molecule has 1 amide bonds. The van der Waals surface area contributed by atoms with Crippen LogP contribution in [0.15, 0.2) is 83.4 Å². The molecule has 7 heteroatoms. The van der Waals surface area contributed by atoms with Crippen molar-refractivity contribution < 1.29 is 22.8 Å². The van der Waals surface area contributed by atoms with Crippen molar-refractivity contribution in [3.63, 3.8) is 0 Å². The van der Waals surface area contributed by atoms with Crippen LogP contribution in [0.3, 0.4) is 0 Å². The number of benzene rings is 3. The van der Waals surface area contributed by atoms with Gasteiger partial charge >= 0.3 is 0 Å². The van der Waals surface area contributed by atoms with Gasteiger partial charge in [-0.1, -0.05) is 53.7 Å². The van der Waals surface area contributed by atoms with Crippen LogP contribution in [0, 0.1) is 18.6 Å². The van der Waals surface area contributed by atoms with Gasteiger partial charge in [0, 0.05) is 11.8 Å². The van der Waals surface area contributed by atoms with Crippen LogP contribution in [-0.2, 0) is 13.2 Å². The molecule has 0 aliphatic heterocycles. The zero-order valence-electron chi connectivity index (χ0n) is 17.3. The molecule has 0 aliphatic carbocycles. The molecule has 0 N–H and O–H groups in total. The Morgan fingerprint density at radius 3 is 2.38 bits per heavy atom. The smallest absolute Gasteiger partial charge is 0.281 e. The maximum atomic E-state index is 14.0. The SMILES string of the molecule is Cc1onc(C(=O)N(Cc2ccccc2)c2ccccc2)c1COc1ccc(F)cc1F. The predicted octanol–water partition coefficient (Wildman–Crippen LogP) is 5.69. The number of carbonyl (C=O) groups excluding carboxylic acids is 1. The standard InChI is InChI=1S/C25H20F2N2O3/c1-17-21(16-31-23-13-12-19(26)14-22(23)27)24(28-32-17)25(30)29(20-10-6-3-7-11-20)15-18-8-4-2-5-9-18/h2-14H,15-16H2,1H3. The van der Waals surface area contributed by atoms with Crippen molar-refractivity contribution in [3.05, 3.63) is 113 Å². The van der Waals surface area contributed by atoms with E-state index in [0.717, 1.165) is 17.7 Å². The highest BCUT2D eigenvalue weighted by Gasteiger charge is 2.26. The van der Waals surface area contributed by atoms with Crippen LogP contribution in [0.4, 0.5) is 14.5 Å². The Morgan fingerprint density at radius 2 is 1.69 bits per heavy atom. The van der Waals surface area contributed by atoms with Crippen LogP contribution >= 0.6 is 0 Å². The van der Waals surface area contributed by atoms with Gasteiger partial charge in [-0.15, -0.1) is 0 Å². The summed E-state index contributed by atoms with van der Waals surface area (Å²) in [6.45, 7) is 1.81. The molecule has 0 fully saturated rings. The summed E-state index contributed by atoms with van der Waals surface area (Å²) in [6, 6.07) is 21.8. The van der Waals surface area contributed by atoms with Crippen molar-refractivity contribution >= 4 is 11.6 Å². The summed E-state index contributed by atoms with van der Waals surface area (Å²) in [4.78, 5) is 15.1. The minimum absolute atomic E-state index is 0.0739. The molecule has 0 saturated heterocycles. The van der Waals surface area contributed by atoms with Crippen LogP contribution < -0.4 is 9.64 Å². The molecular weight excluding hydrogens is 414 g/mol. The molecule has 0 unspecified atom stereocenters. The zero-order valence-corrected chi connectivity index (χ0v) is 17.3. The number of para-hydroxylation sites is 1. The van der Waals surface area contributed by atoms with Gasteiger partial charge in [-0.05, 0) is 36.8 Å². The lowest BCUT2D eigenvalue weighted by atomic mass is 10.1. The first-order valence-corrected chi connectivity index (χ1v) is 9.97. The third kappa shape index (κ3) is 4.67. The highest BCUT2D eigenvalue weighted by atomic mass is 19.1. The number of aryl methyl sites for hydroxylation is 1. The zero-order chi connectivity index (χ0) is 22.5. The molecule has 0 bridgehead atoms. The lowest BCUT2D eigenvalue weighted by Crippen LogP contribution is -2.31. The van der Waals surface area contributed by atoms with E-state index in [1.54, 1.807) is 11.8 Å². The van der Waals surface area contributed by atoms with Crippen molar-refractivity contribution in [1.29, 1.82) is 0 Å². The number of aromatic nitrogens is 1. The molecule has 1 heterocycles. The minimum atomic E-state index is -0.832. The summed E-state index contributed by atoms with van der Waals surface area (Å²) in [6.07, 6.45) is 0. The largest absolute Gasteiger partial charge is 0.486 e. The number of ether oxygens (including phenoxy) is 1. The molecule has 1 aromatic heterocycles. The van der Waals surface area contributed by atoms with Crippen LogP contribution in [-0.4, -0.2) is 11.1 Å².